The van der Waals surface area contributed by atoms with Gasteiger partial charge in [0.2, 0.25) is 0 Å². The molecule has 1 N–H and O–H groups in total. The zero-order chi connectivity index (χ0) is 18.3. The van der Waals surface area contributed by atoms with Crippen molar-refractivity contribution in [3.05, 3.63) is 52.8 Å². The van der Waals surface area contributed by atoms with Crippen LogP contribution in [0, 0.1) is 0 Å². The summed E-state index contributed by atoms with van der Waals surface area (Å²) in [4.78, 5) is 0. The van der Waals surface area contributed by atoms with Gasteiger partial charge in [0.1, 0.15) is 5.75 Å². The molecule has 0 aliphatic heterocycles. The highest BCUT2D eigenvalue weighted by Gasteiger charge is 2.26. The maximum absolute atomic E-state index is 10.8. The Labute approximate surface area is 147 Å². The molecule has 24 heavy (non-hydrogen) atoms. The number of aromatic hydroxyl groups is 1. The van der Waals surface area contributed by atoms with Crippen LogP contribution >= 0.6 is 0 Å². The van der Waals surface area contributed by atoms with Gasteiger partial charge >= 0.3 is 0 Å². The van der Waals surface area contributed by atoms with Crippen molar-refractivity contribution >= 4 is 0 Å². The van der Waals surface area contributed by atoms with Crippen LogP contribution in [-0.2, 0) is 17.3 Å². The predicted molar refractivity (Wildman–Crippen MR) is 103 cm³/mol. The molecule has 0 bridgehead atoms. The van der Waals surface area contributed by atoms with Gasteiger partial charge in [-0.05, 0) is 59.4 Å². The fourth-order valence-electron chi connectivity index (χ4n) is 3.06. The Bertz CT molecular complexity index is 673. The SMILES string of the molecule is CC(C)n1ccc(Cc2cc(C(C)(C)C)c(O)c(C(C)(C)C)c2)c1. The van der Waals surface area contributed by atoms with Crippen molar-refractivity contribution < 1.29 is 5.11 Å². The number of phenols is 1. The third kappa shape index (κ3) is 4.03. The minimum atomic E-state index is -0.0794. The first-order valence-corrected chi connectivity index (χ1v) is 8.93. The Morgan fingerprint density at radius 3 is 1.79 bits per heavy atom. The van der Waals surface area contributed by atoms with E-state index in [4.69, 9.17) is 0 Å². The molecule has 1 aromatic heterocycles. The number of hydrogen-bond donors (Lipinski definition) is 1. The molecular formula is C22H33NO. The van der Waals surface area contributed by atoms with Crippen molar-refractivity contribution in [2.75, 3.05) is 0 Å². The van der Waals surface area contributed by atoms with Crippen LogP contribution in [0.1, 0.15) is 83.7 Å². The number of hydrogen-bond acceptors (Lipinski definition) is 1. The van der Waals surface area contributed by atoms with Crippen LogP contribution in [-0.4, -0.2) is 9.67 Å². The van der Waals surface area contributed by atoms with E-state index in [-0.39, 0.29) is 10.8 Å². The van der Waals surface area contributed by atoms with E-state index in [1.807, 2.05) is 0 Å². The highest BCUT2D eigenvalue weighted by Crippen LogP contribution is 2.40. The van der Waals surface area contributed by atoms with Gasteiger partial charge in [-0.2, -0.15) is 0 Å². The summed E-state index contributed by atoms with van der Waals surface area (Å²) in [5.41, 5.74) is 4.49. The molecule has 2 nitrogen and oxygen atoms in total. The van der Waals surface area contributed by atoms with Gasteiger partial charge in [0.05, 0.1) is 0 Å². The second kappa shape index (κ2) is 6.31. The first-order valence-electron chi connectivity index (χ1n) is 8.93. The van der Waals surface area contributed by atoms with E-state index in [2.05, 4.69) is 90.5 Å². The van der Waals surface area contributed by atoms with Gasteiger partial charge in [-0.15, -0.1) is 0 Å². The van der Waals surface area contributed by atoms with Gasteiger partial charge in [-0.3, -0.25) is 0 Å². The molecule has 0 radical (unpaired) electrons. The van der Waals surface area contributed by atoms with Crippen molar-refractivity contribution in [2.24, 2.45) is 0 Å². The minimum absolute atomic E-state index is 0.0794. The molecular weight excluding hydrogens is 294 g/mol. The monoisotopic (exact) mass is 327 g/mol. The molecule has 0 aliphatic carbocycles. The van der Waals surface area contributed by atoms with Gasteiger partial charge < -0.3 is 9.67 Å². The van der Waals surface area contributed by atoms with Gasteiger partial charge in [-0.1, -0.05) is 53.7 Å². The summed E-state index contributed by atoms with van der Waals surface area (Å²) >= 11 is 0. The largest absolute Gasteiger partial charge is 0.507 e. The van der Waals surface area contributed by atoms with Crippen molar-refractivity contribution in [2.45, 2.75) is 78.7 Å². The molecule has 0 aliphatic rings. The van der Waals surface area contributed by atoms with Gasteiger partial charge in [-0.25, -0.2) is 0 Å². The summed E-state index contributed by atoms with van der Waals surface area (Å²) in [5.74, 6) is 0.457. The van der Waals surface area contributed by atoms with E-state index < -0.39 is 0 Å². The standard InChI is InChI=1S/C22H33NO/c1-15(2)23-10-9-16(14-23)11-17-12-18(21(3,4)5)20(24)19(13-17)22(6,7)8/h9-10,12-15,24H,11H2,1-8H3. The maximum atomic E-state index is 10.8. The van der Waals surface area contributed by atoms with Gasteiger partial charge in [0.15, 0.2) is 0 Å². The van der Waals surface area contributed by atoms with Crippen LogP contribution in [0.25, 0.3) is 0 Å². The van der Waals surface area contributed by atoms with Crippen molar-refractivity contribution in [1.29, 1.82) is 0 Å². The quantitative estimate of drug-likeness (QED) is 0.739. The second-order valence-electron chi connectivity index (χ2n) is 9.28. The first-order chi connectivity index (χ1) is 10.9. The van der Waals surface area contributed by atoms with E-state index in [0.29, 0.717) is 11.8 Å². The zero-order valence-electron chi connectivity index (χ0n) is 16.6. The lowest BCUT2D eigenvalue weighted by Crippen LogP contribution is -2.18. The van der Waals surface area contributed by atoms with Crippen LogP contribution < -0.4 is 0 Å². The van der Waals surface area contributed by atoms with Crippen LogP contribution in [0.15, 0.2) is 30.6 Å². The average molecular weight is 328 g/mol. The fraction of sp³-hybridized carbons (Fsp3) is 0.545. The summed E-state index contributed by atoms with van der Waals surface area (Å²) in [5, 5.41) is 10.8. The zero-order valence-corrected chi connectivity index (χ0v) is 16.6. The molecule has 0 atom stereocenters. The van der Waals surface area contributed by atoms with Crippen LogP contribution in [0.4, 0.5) is 0 Å². The molecule has 0 fully saturated rings. The summed E-state index contributed by atoms with van der Waals surface area (Å²) < 4.78 is 2.24. The summed E-state index contributed by atoms with van der Waals surface area (Å²) in [6.45, 7) is 17.3. The Morgan fingerprint density at radius 1 is 0.917 bits per heavy atom. The van der Waals surface area contributed by atoms with Crippen LogP contribution in [0.5, 0.6) is 5.75 Å². The molecule has 2 aromatic rings. The predicted octanol–water partition coefficient (Wildman–Crippen LogP) is 5.96. The second-order valence-corrected chi connectivity index (χ2v) is 9.28. The Morgan fingerprint density at radius 2 is 1.42 bits per heavy atom. The smallest absolute Gasteiger partial charge is 0.123 e. The number of phenolic OH excluding ortho intramolecular Hbond substituents is 1. The number of nitrogens with zero attached hydrogens (tertiary/aromatic N) is 1. The highest BCUT2D eigenvalue weighted by atomic mass is 16.3. The Kier molecular flexibility index (Phi) is 4.90. The topological polar surface area (TPSA) is 25.2 Å². The van der Waals surface area contributed by atoms with Crippen molar-refractivity contribution in [1.82, 2.24) is 4.57 Å². The van der Waals surface area contributed by atoms with Gasteiger partial charge in [0.25, 0.3) is 0 Å². The lowest BCUT2D eigenvalue weighted by Gasteiger charge is -2.28. The van der Waals surface area contributed by atoms with E-state index in [1.54, 1.807) is 0 Å². The average Bonchev–Trinajstić information content (AvgIpc) is 2.86. The highest BCUT2D eigenvalue weighted by molar-refractivity contribution is 5.50. The number of rotatable bonds is 3. The molecule has 2 rings (SSSR count). The normalized spacial score (nSPS) is 12.9. The third-order valence-corrected chi connectivity index (χ3v) is 4.57. The molecule has 0 amide bonds. The Balaban J connectivity index is 2.49. The molecule has 0 unspecified atom stereocenters. The van der Waals surface area contributed by atoms with Crippen LogP contribution in [0.3, 0.4) is 0 Å². The minimum Gasteiger partial charge on any atom is -0.507 e. The van der Waals surface area contributed by atoms with Crippen molar-refractivity contribution in [3.8, 4) is 5.75 Å². The molecule has 2 heteroatoms. The molecule has 132 valence electrons. The lowest BCUT2D eigenvalue weighted by atomic mass is 9.78. The van der Waals surface area contributed by atoms with E-state index in [1.165, 1.54) is 11.1 Å². The fourth-order valence-corrected chi connectivity index (χ4v) is 3.06. The third-order valence-electron chi connectivity index (χ3n) is 4.57. The maximum Gasteiger partial charge on any atom is 0.123 e. The molecule has 0 spiro atoms. The first kappa shape index (κ1) is 18.6. The van der Waals surface area contributed by atoms with Crippen LogP contribution in [0.2, 0.25) is 0 Å². The summed E-state index contributed by atoms with van der Waals surface area (Å²) in [6, 6.07) is 7.03. The van der Waals surface area contributed by atoms with E-state index >= 15 is 0 Å². The van der Waals surface area contributed by atoms with E-state index in [0.717, 1.165) is 17.5 Å². The lowest BCUT2D eigenvalue weighted by molar-refractivity contribution is 0.423. The number of aromatic nitrogens is 1. The van der Waals surface area contributed by atoms with Crippen molar-refractivity contribution in [3.63, 3.8) is 0 Å². The molecule has 0 saturated carbocycles. The number of benzene rings is 1. The van der Waals surface area contributed by atoms with E-state index in [9.17, 15) is 5.11 Å². The summed E-state index contributed by atoms with van der Waals surface area (Å²) in [7, 11) is 0. The molecule has 1 heterocycles. The van der Waals surface area contributed by atoms with Gasteiger partial charge in [0, 0.05) is 18.4 Å². The molecule has 1 aromatic carbocycles. The molecule has 0 saturated heterocycles. The summed E-state index contributed by atoms with van der Waals surface area (Å²) in [6.07, 6.45) is 5.27. The Hall–Kier alpha value is -1.70.